The first-order valence-corrected chi connectivity index (χ1v) is 12.3. The first kappa shape index (κ1) is 31.4. The van der Waals surface area contributed by atoms with Crippen molar-refractivity contribution in [2.24, 2.45) is 11.7 Å². The Labute approximate surface area is 227 Å². The highest BCUT2D eigenvalue weighted by molar-refractivity contribution is 6.05. The second kappa shape index (κ2) is 13.8. The number of methoxy groups -OCH3 is 2. The van der Waals surface area contributed by atoms with Gasteiger partial charge >= 0.3 is 6.09 Å². The fourth-order valence-electron chi connectivity index (χ4n) is 4.27. The number of phenols is 3. The van der Waals surface area contributed by atoms with Crippen LogP contribution in [0.25, 0.3) is 6.08 Å². The van der Waals surface area contributed by atoms with E-state index in [0.29, 0.717) is 11.1 Å². The predicted octanol–water partition coefficient (Wildman–Crippen LogP) is 3.49. The van der Waals surface area contributed by atoms with Crippen molar-refractivity contribution in [2.75, 3.05) is 19.5 Å². The number of anilines is 1. The summed E-state index contributed by atoms with van der Waals surface area (Å²) in [5.41, 5.74) is 6.47. The number of nitrogens with two attached hydrogens (primary N) is 1. The molecule has 0 aromatic heterocycles. The minimum absolute atomic E-state index is 0.107. The smallest absolute Gasteiger partial charge is 0.405 e. The van der Waals surface area contributed by atoms with Crippen LogP contribution in [0.1, 0.15) is 39.7 Å². The van der Waals surface area contributed by atoms with Gasteiger partial charge < -0.3 is 45.7 Å². The summed E-state index contributed by atoms with van der Waals surface area (Å²) in [5.74, 6) is -2.62. The Morgan fingerprint density at radius 3 is 2.36 bits per heavy atom. The molecule has 0 fully saturated rings. The summed E-state index contributed by atoms with van der Waals surface area (Å²) >= 11 is 0. The number of carbonyl (C=O) groups is 2. The second-order valence-corrected chi connectivity index (χ2v) is 9.53. The van der Waals surface area contributed by atoms with Crippen molar-refractivity contribution in [1.82, 2.24) is 0 Å². The minimum Gasteiger partial charge on any atom is -0.505 e. The molecule has 0 saturated carbocycles. The first-order valence-electron chi connectivity index (χ1n) is 12.3. The average molecular weight is 547 g/mol. The van der Waals surface area contributed by atoms with Crippen LogP contribution in [0.3, 0.4) is 0 Å². The Kier molecular flexibility index (Phi) is 11.1. The van der Waals surface area contributed by atoms with E-state index in [1.807, 2.05) is 0 Å². The molecule has 214 valence electrons. The fraction of sp³-hybridized carbons (Fsp3) is 0.429. The normalized spacial score (nSPS) is 25.3. The van der Waals surface area contributed by atoms with E-state index in [1.165, 1.54) is 39.4 Å². The van der Waals surface area contributed by atoms with E-state index in [1.54, 1.807) is 32.9 Å². The molecule has 0 spiro atoms. The Balaban J connectivity index is 2.69. The zero-order valence-corrected chi connectivity index (χ0v) is 23.0. The maximum absolute atomic E-state index is 12.8. The van der Waals surface area contributed by atoms with Crippen molar-refractivity contribution in [1.29, 1.82) is 0 Å². The molecule has 0 radical (unpaired) electrons. The van der Waals surface area contributed by atoms with Gasteiger partial charge in [0, 0.05) is 31.8 Å². The second-order valence-electron chi connectivity index (χ2n) is 9.53. The zero-order chi connectivity index (χ0) is 29.4. The van der Waals surface area contributed by atoms with Crippen molar-refractivity contribution in [3.63, 3.8) is 0 Å². The lowest BCUT2D eigenvalue weighted by atomic mass is 9.91. The van der Waals surface area contributed by atoms with Crippen LogP contribution in [0.4, 0.5) is 10.5 Å². The number of aliphatic hydroxyl groups is 1. The van der Waals surface area contributed by atoms with Gasteiger partial charge in [0.2, 0.25) is 0 Å². The number of rotatable bonds is 3. The monoisotopic (exact) mass is 546 g/mol. The molecule has 2 amide bonds. The summed E-state index contributed by atoms with van der Waals surface area (Å²) in [6.45, 7) is 6.71. The van der Waals surface area contributed by atoms with Crippen LogP contribution in [0.2, 0.25) is 0 Å². The summed E-state index contributed by atoms with van der Waals surface area (Å²) in [4.78, 5) is 24.4. The number of allylic oxidation sites excluding steroid dienone is 2. The third-order valence-corrected chi connectivity index (χ3v) is 6.47. The number of nitrogens with one attached hydrogen (secondary N) is 1. The number of hydrogen-bond acceptors (Lipinski definition) is 9. The van der Waals surface area contributed by atoms with Crippen LogP contribution >= 0.6 is 0 Å². The molecule has 1 aromatic rings. The van der Waals surface area contributed by atoms with Gasteiger partial charge in [-0.2, -0.15) is 0 Å². The quantitative estimate of drug-likeness (QED) is 0.188. The molecule has 7 N–H and O–H groups in total. The van der Waals surface area contributed by atoms with Crippen molar-refractivity contribution in [2.45, 2.75) is 58.5 Å². The Bertz CT molecular complexity index is 1190. The molecule has 2 bridgehead atoms. The van der Waals surface area contributed by atoms with Crippen LogP contribution in [0.15, 0.2) is 47.1 Å². The van der Waals surface area contributed by atoms with Crippen LogP contribution in [0.5, 0.6) is 17.2 Å². The van der Waals surface area contributed by atoms with E-state index in [-0.39, 0.29) is 23.2 Å². The lowest BCUT2D eigenvalue weighted by Crippen LogP contribution is -2.36. The molecule has 0 aliphatic carbocycles. The number of ether oxygens (including phenoxy) is 3. The maximum Gasteiger partial charge on any atom is 0.405 e. The number of phenolic OH excluding ortho intramolecular Hbond substituents is 3. The van der Waals surface area contributed by atoms with E-state index < -0.39 is 59.6 Å². The largest absolute Gasteiger partial charge is 0.505 e. The van der Waals surface area contributed by atoms with Gasteiger partial charge in [0.15, 0.2) is 17.6 Å². The standard InChI is InChI=1S/C28H38N2O9/c1-14-10-18-24(33)19(13-20(31)25(18)34)30-27(35)15(2)8-7-9-21(37-5)26(39-28(29)36)17(4)12-16(3)23(32)22(11-14)38-6/h7-10,12-13,16,21-23,26,31-34H,11H2,1-6H3,(H2,29,36)(H,30,35)/t16-,21-,22-,23+,26-/m0/s1. The van der Waals surface area contributed by atoms with E-state index in [2.05, 4.69) is 5.32 Å². The predicted molar refractivity (Wildman–Crippen MR) is 146 cm³/mol. The van der Waals surface area contributed by atoms with E-state index in [9.17, 15) is 30.0 Å². The van der Waals surface area contributed by atoms with E-state index in [4.69, 9.17) is 19.9 Å². The number of amides is 2. The first-order chi connectivity index (χ1) is 18.3. The van der Waals surface area contributed by atoms with Gasteiger partial charge in [0.05, 0.1) is 23.5 Å². The number of carbonyl (C=O) groups excluding carboxylic acids is 2. The number of primary amides is 1. The molecular weight excluding hydrogens is 508 g/mol. The van der Waals surface area contributed by atoms with Gasteiger partial charge in [-0.1, -0.05) is 36.8 Å². The van der Waals surface area contributed by atoms with Gasteiger partial charge in [0.1, 0.15) is 11.9 Å². The molecule has 0 saturated heterocycles. The van der Waals surface area contributed by atoms with Gasteiger partial charge in [0.25, 0.3) is 5.91 Å². The van der Waals surface area contributed by atoms with Crippen LogP contribution < -0.4 is 11.1 Å². The Hall–Kier alpha value is -3.80. The van der Waals surface area contributed by atoms with Gasteiger partial charge in [-0.15, -0.1) is 0 Å². The highest BCUT2D eigenvalue weighted by Crippen LogP contribution is 2.43. The average Bonchev–Trinajstić information content (AvgIpc) is 2.88. The van der Waals surface area contributed by atoms with Crippen LogP contribution in [-0.4, -0.2) is 71.1 Å². The van der Waals surface area contributed by atoms with Crippen molar-refractivity contribution < 1.29 is 44.2 Å². The molecule has 1 aliphatic rings. The Morgan fingerprint density at radius 2 is 1.77 bits per heavy atom. The number of benzene rings is 1. The topological polar surface area (TPSA) is 181 Å². The summed E-state index contributed by atoms with van der Waals surface area (Å²) < 4.78 is 16.4. The molecule has 1 aromatic carbocycles. The number of aromatic hydroxyl groups is 3. The van der Waals surface area contributed by atoms with Gasteiger partial charge in [-0.25, -0.2) is 4.79 Å². The third kappa shape index (κ3) is 8.09. The summed E-state index contributed by atoms with van der Waals surface area (Å²) in [5, 5.41) is 45.0. The van der Waals surface area contributed by atoms with Crippen LogP contribution in [-0.2, 0) is 19.0 Å². The molecule has 39 heavy (non-hydrogen) atoms. The van der Waals surface area contributed by atoms with E-state index >= 15 is 0 Å². The molecule has 1 aliphatic heterocycles. The van der Waals surface area contributed by atoms with Gasteiger partial charge in [-0.3, -0.25) is 4.79 Å². The molecule has 11 nitrogen and oxygen atoms in total. The van der Waals surface area contributed by atoms with Crippen LogP contribution in [0, 0.1) is 5.92 Å². The lowest BCUT2D eigenvalue weighted by molar-refractivity contribution is -0.112. The summed E-state index contributed by atoms with van der Waals surface area (Å²) in [6, 6.07) is 1.03. The van der Waals surface area contributed by atoms with Crippen molar-refractivity contribution in [3.05, 3.63) is 52.7 Å². The number of fused-ring (bicyclic) bond motifs is 2. The molecular formula is C28H38N2O9. The number of aliphatic hydroxyl groups excluding tert-OH is 1. The maximum atomic E-state index is 12.8. The number of hydrogen-bond donors (Lipinski definition) is 6. The zero-order valence-electron chi connectivity index (χ0n) is 23.0. The molecule has 2 rings (SSSR count). The third-order valence-electron chi connectivity index (χ3n) is 6.47. The summed E-state index contributed by atoms with van der Waals surface area (Å²) in [7, 11) is 2.86. The van der Waals surface area contributed by atoms with Crippen molar-refractivity contribution >= 4 is 23.8 Å². The fourth-order valence-corrected chi connectivity index (χ4v) is 4.27. The lowest BCUT2D eigenvalue weighted by Gasteiger charge is -2.28. The SMILES string of the molecule is CO[C@H]1C=CC=C(C)C(=O)Nc2cc(O)c(O)c(c2O)C=C(C)C[C@H](OC)[C@H](O)[C@@H](C)C=C(C)[C@@H]1OC(N)=O. The molecule has 5 atom stereocenters. The molecule has 0 unspecified atom stereocenters. The van der Waals surface area contributed by atoms with Gasteiger partial charge in [-0.05, 0) is 38.8 Å². The molecule has 11 heteroatoms. The highest BCUT2D eigenvalue weighted by Gasteiger charge is 2.29. The summed E-state index contributed by atoms with van der Waals surface area (Å²) in [6.07, 6.45) is 3.52. The molecule has 1 heterocycles. The van der Waals surface area contributed by atoms with E-state index in [0.717, 1.165) is 6.07 Å². The highest BCUT2D eigenvalue weighted by atomic mass is 16.6. The Morgan fingerprint density at radius 1 is 1.10 bits per heavy atom. The van der Waals surface area contributed by atoms with Crippen molar-refractivity contribution in [3.8, 4) is 17.2 Å². The minimum atomic E-state index is -1.01.